The van der Waals surface area contributed by atoms with Crippen LogP contribution in [0, 0.1) is 0 Å². The van der Waals surface area contributed by atoms with Gasteiger partial charge in [0.2, 0.25) is 10.0 Å². The van der Waals surface area contributed by atoms with E-state index in [1.165, 1.54) is 15.8 Å². The number of fused-ring (bicyclic) bond motifs is 2. The van der Waals surface area contributed by atoms with Gasteiger partial charge in [0.05, 0.1) is 16.0 Å². The monoisotopic (exact) mass is 404 g/mol. The highest BCUT2D eigenvalue weighted by atomic mass is 32.2. The van der Waals surface area contributed by atoms with Crippen molar-refractivity contribution in [3.8, 4) is 0 Å². The fourth-order valence-electron chi connectivity index (χ4n) is 3.19. The number of para-hydroxylation sites is 1. The molecule has 0 saturated carbocycles. The molecule has 1 aromatic heterocycles. The molecule has 1 N–H and O–H groups in total. The third-order valence-electron chi connectivity index (χ3n) is 4.43. The predicted molar refractivity (Wildman–Crippen MR) is 111 cm³/mol. The first kappa shape index (κ1) is 17.8. The number of thiazole rings is 1. The number of anilines is 1. The van der Waals surface area contributed by atoms with Crippen molar-refractivity contribution in [2.24, 2.45) is 0 Å². The molecule has 7 heteroatoms. The SMILES string of the molecule is O=S(=O)(CCCSc1nc2ccccc2s1)Nc1ccc2c(c1)CCC2. The summed E-state index contributed by atoms with van der Waals surface area (Å²) < 4.78 is 29.5. The second-order valence-corrected chi connectivity index (χ2v) is 10.6. The third kappa shape index (κ3) is 4.22. The molecular weight excluding hydrogens is 384 g/mol. The Labute approximate surface area is 162 Å². The topological polar surface area (TPSA) is 59.1 Å². The Bertz CT molecular complexity index is 995. The van der Waals surface area contributed by atoms with E-state index in [0.29, 0.717) is 12.1 Å². The van der Waals surface area contributed by atoms with Crippen LogP contribution in [0.2, 0.25) is 0 Å². The Morgan fingerprint density at radius 2 is 1.96 bits per heavy atom. The lowest BCUT2D eigenvalue weighted by Gasteiger charge is -2.09. The van der Waals surface area contributed by atoms with Gasteiger partial charge in [-0.05, 0) is 61.1 Å². The van der Waals surface area contributed by atoms with Crippen LogP contribution in [0.5, 0.6) is 0 Å². The molecule has 0 amide bonds. The summed E-state index contributed by atoms with van der Waals surface area (Å²) in [7, 11) is -3.31. The van der Waals surface area contributed by atoms with Crippen LogP contribution in [-0.2, 0) is 22.9 Å². The van der Waals surface area contributed by atoms with E-state index in [1.807, 2.05) is 36.4 Å². The molecule has 4 rings (SSSR count). The Morgan fingerprint density at radius 1 is 1.12 bits per heavy atom. The lowest BCUT2D eigenvalue weighted by Crippen LogP contribution is -2.17. The molecule has 4 nitrogen and oxygen atoms in total. The third-order valence-corrected chi connectivity index (χ3v) is 8.07. The molecule has 26 heavy (non-hydrogen) atoms. The number of aromatic nitrogens is 1. The number of nitrogens with one attached hydrogen (secondary N) is 1. The molecule has 1 heterocycles. The maximum Gasteiger partial charge on any atom is 0.232 e. The predicted octanol–water partition coefficient (Wildman–Crippen LogP) is 4.71. The van der Waals surface area contributed by atoms with Crippen LogP contribution < -0.4 is 4.72 Å². The number of rotatable bonds is 7. The highest BCUT2D eigenvalue weighted by Crippen LogP contribution is 2.30. The molecule has 0 unspecified atom stereocenters. The van der Waals surface area contributed by atoms with Crippen molar-refractivity contribution in [3.63, 3.8) is 0 Å². The second-order valence-electron chi connectivity index (χ2n) is 6.41. The summed E-state index contributed by atoms with van der Waals surface area (Å²) in [5.41, 5.74) is 4.31. The number of hydrogen-bond acceptors (Lipinski definition) is 5. The van der Waals surface area contributed by atoms with Crippen molar-refractivity contribution in [3.05, 3.63) is 53.6 Å². The Balaban J connectivity index is 1.29. The van der Waals surface area contributed by atoms with E-state index in [-0.39, 0.29) is 5.75 Å². The van der Waals surface area contributed by atoms with Crippen LogP contribution in [0.1, 0.15) is 24.0 Å². The Morgan fingerprint density at radius 3 is 2.85 bits per heavy atom. The van der Waals surface area contributed by atoms with Gasteiger partial charge in [0.15, 0.2) is 4.34 Å². The van der Waals surface area contributed by atoms with Gasteiger partial charge in [0.25, 0.3) is 0 Å². The van der Waals surface area contributed by atoms with Crippen molar-refractivity contribution < 1.29 is 8.42 Å². The summed E-state index contributed by atoms with van der Waals surface area (Å²) in [6.07, 6.45) is 3.91. The molecule has 0 atom stereocenters. The van der Waals surface area contributed by atoms with Crippen LogP contribution in [0.15, 0.2) is 46.8 Å². The number of sulfonamides is 1. The molecule has 0 spiro atoms. The van der Waals surface area contributed by atoms with Crippen molar-refractivity contribution in [1.29, 1.82) is 0 Å². The molecular formula is C19H20N2O2S3. The van der Waals surface area contributed by atoms with Gasteiger partial charge in [-0.3, -0.25) is 4.72 Å². The minimum atomic E-state index is -3.31. The molecule has 0 fully saturated rings. The number of thioether (sulfide) groups is 1. The van der Waals surface area contributed by atoms with E-state index in [2.05, 4.69) is 15.8 Å². The van der Waals surface area contributed by atoms with Gasteiger partial charge in [-0.25, -0.2) is 13.4 Å². The van der Waals surface area contributed by atoms with Gasteiger partial charge in [-0.2, -0.15) is 0 Å². The summed E-state index contributed by atoms with van der Waals surface area (Å²) in [5.74, 6) is 0.868. The summed E-state index contributed by atoms with van der Waals surface area (Å²) in [6.45, 7) is 0. The van der Waals surface area contributed by atoms with Gasteiger partial charge in [0, 0.05) is 11.4 Å². The number of benzene rings is 2. The van der Waals surface area contributed by atoms with Crippen LogP contribution in [0.25, 0.3) is 10.2 Å². The van der Waals surface area contributed by atoms with Crippen LogP contribution in [-0.4, -0.2) is 24.9 Å². The van der Waals surface area contributed by atoms with Crippen molar-refractivity contribution >= 4 is 49.0 Å². The fraction of sp³-hybridized carbons (Fsp3) is 0.316. The van der Waals surface area contributed by atoms with E-state index in [9.17, 15) is 8.42 Å². The van der Waals surface area contributed by atoms with E-state index < -0.39 is 10.0 Å². The van der Waals surface area contributed by atoms with E-state index in [4.69, 9.17) is 0 Å². The van der Waals surface area contributed by atoms with Gasteiger partial charge in [-0.1, -0.05) is 30.0 Å². The maximum atomic E-state index is 12.3. The molecule has 0 bridgehead atoms. The average Bonchev–Trinajstić information content (AvgIpc) is 3.24. The largest absolute Gasteiger partial charge is 0.284 e. The molecule has 0 radical (unpaired) electrons. The molecule has 1 aliphatic carbocycles. The van der Waals surface area contributed by atoms with Gasteiger partial charge in [-0.15, -0.1) is 11.3 Å². The van der Waals surface area contributed by atoms with Gasteiger partial charge < -0.3 is 0 Å². The lowest BCUT2D eigenvalue weighted by atomic mass is 10.1. The molecule has 136 valence electrons. The van der Waals surface area contributed by atoms with Crippen LogP contribution in [0.4, 0.5) is 5.69 Å². The Hall–Kier alpha value is -1.57. The molecule has 1 aliphatic rings. The summed E-state index contributed by atoms with van der Waals surface area (Å²) in [4.78, 5) is 4.56. The number of nitrogens with zero attached hydrogens (tertiary/aromatic N) is 1. The minimum Gasteiger partial charge on any atom is -0.284 e. The maximum absolute atomic E-state index is 12.3. The molecule has 2 aromatic carbocycles. The van der Waals surface area contributed by atoms with E-state index in [1.54, 1.807) is 23.1 Å². The first-order valence-electron chi connectivity index (χ1n) is 8.70. The summed E-state index contributed by atoms with van der Waals surface area (Å²) in [6, 6.07) is 13.9. The van der Waals surface area contributed by atoms with Gasteiger partial charge >= 0.3 is 0 Å². The fourth-order valence-corrected chi connectivity index (χ4v) is 6.56. The zero-order chi connectivity index (χ0) is 18.0. The molecule has 3 aromatic rings. The first-order chi connectivity index (χ1) is 12.6. The standard InChI is InChI=1S/C19H20N2O2S3/c22-26(23,21-16-10-9-14-5-3-6-15(14)13-16)12-4-11-24-19-20-17-7-1-2-8-18(17)25-19/h1-2,7-10,13,21H,3-6,11-12H2. The normalized spacial score (nSPS) is 13.8. The lowest BCUT2D eigenvalue weighted by molar-refractivity contribution is 0.600. The zero-order valence-corrected chi connectivity index (χ0v) is 16.7. The van der Waals surface area contributed by atoms with Crippen molar-refractivity contribution in [2.75, 3.05) is 16.2 Å². The first-order valence-corrected chi connectivity index (χ1v) is 12.2. The summed E-state index contributed by atoms with van der Waals surface area (Å²) >= 11 is 3.28. The minimum absolute atomic E-state index is 0.127. The Kier molecular flexibility index (Phi) is 5.20. The van der Waals surface area contributed by atoms with E-state index in [0.717, 1.165) is 34.9 Å². The second kappa shape index (κ2) is 7.58. The van der Waals surface area contributed by atoms with Crippen LogP contribution >= 0.6 is 23.1 Å². The number of hydrogen-bond donors (Lipinski definition) is 1. The molecule has 0 saturated heterocycles. The molecule has 0 aliphatic heterocycles. The van der Waals surface area contributed by atoms with E-state index >= 15 is 0 Å². The van der Waals surface area contributed by atoms with Crippen LogP contribution in [0.3, 0.4) is 0 Å². The van der Waals surface area contributed by atoms with Crippen molar-refractivity contribution in [2.45, 2.75) is 30.0 Å². The smallest absolute Gasteiger partial charge is 0.232 e. The zero-order valence-electron chi connectivity index (χ0n) is 14.3. The highest BCUT2D eigenvalue weighted by molar-refractivity contribution is 8.01. The average molecular weight is 405 g/mol. The quantitative estimate of drug-likeness (QED) is 0.458. The summed E-state index contributed by atoms with van der Waals surface area (Å²) in [5, 5.41) is 0. The van der Waals surface area contributed by atoms with Gasteiger partial charge in [0.1, 0.15) is 0 Å². The number of aryl methyl sites for hydroxylation is 2. The van der Waals surface area contributed by atoms with Crippen molar-refractivity contribution in [1.82, 2.24) is 4.98 Å². The highest BCUT2D eigenvalue weighted by Gasteiger charge is 2.14.